The Hall–Kier alpha value is -1.68. The molecule has 2 rings (SSSR count). The minimum atomic E-state index is 0.461. The fourth-order valence-electron chi connectivity index (χ4n) is 4.31. The van der Waals surface area contributed by atoms with Crippen molar-refractivity contribution in [2.24, 2.45) is 5.92 Å². The van der Waals surface area contributed by atoms with Crippen LogP contribution >= 0.6 is 0 Å². The fraction of sp³-hybridized carbons (Fsp3) is 0.556. The van der Waals surface area contributed by atoms with E-state index in [9.17, 15) is 0 Å². The molecule has 0 saturated heterocycles. The Morgan fingerprint density at radius 2 is 1.27 bits per heavy atom. The maximum absolute atomic E-state index is 2.68. The first kappa shape index (κ1) is 24.6. The quantitative estimate of drug-likeness (QED) is 0.517. The first-order valence-corrected chi connectivity index (χ1v) is 11.3. The lowest BCUT2D eigenvalue weighted by atomic mass is 9.99. The van der Waals surface area contributed by atoms with Crippen molar-refractivity contribution in [2.45, 2.75) is 53.2 Å². The molecule has 0 radical (unpaired) electrons. The lowest BCUT2D eigenvalue weighted by Crippen LogP contribution is -2.47. The number of benzene rings is 2. The van der Waals surface area contributed by atoms with Gasteiger partial charge >= 0.3 is 0 Å². The fourth-order valence-corrected chi connectivity index (χ4v) is 4.31. The molecular weight excluding hydrogens is 366 g/mol. The van der Waals surface area contributed by atoms with Gasteiger partial charge in [-0.2, -0.15) is 0 Å². The Balaban J connectivity index is 2.36. The molecule has 0 aliphatic carbocycles. The van der Waals surface area contributed by atoms with E-state index in [1.54, 1.807) is 0 Å². The van der Waals surface area contributed by atoms with Crippen LogP contribution in [0.2, 0.25) is 0 Å². The van der Waals surface area contributed by atoms with Crippen LogP contribution in [-0.2, 0) is 19.5 Å². The van der Waals surface area contributed by atoms with Crippen LogP contribution in [0, 0.1) is 19.8 Å². The summed E-state index contributed by atoms with van der Waals surface area (Å²) in [6.45, 7) is 13.1. The van der Waals surface area contributed by atoms with Crippen LogP contribution in [0.3, 0.4) is 0 Å². The molecule has 0 atom stereocenters. The van der Waals surface area contributed by atoms with E-state index >= 15 is 0 Å². The van der Waals surface area contributed by atoms with Crippen molar-refractivity contribution in [2.75, 3.05) is 41.3 Å². The number of rotatable bonds is 11. The summed E-state index contributed by atoms with van der Waals surface area (Å²) in [6, 6.07) is 16.3. The molecule has 0 fully saturated rings. The molecule has 0 saturated carbocycles. The normalized spacial score (nSPS) is 12.2. The second kappa shape index (κ2) is 11.6. The Bertz CT molecular complexity index is 749. The van der Waals surface area contributed by atoms with Crippen LogP contribution in [0.1, 0.15) is 41.7 Å². The molecule has 0 spiro atoms. The van der Waals surface area contributed by atoms with E-state index in [-0.39, 0.29) is 0 Å². The van der Waals surface area contributed by atoms with Crippen LogP contribution < -0.4 is 0 Å². The summed E-state index contributed by atoms with van der Waals surface area (Å²) in [5.74, 6) is 0.682. The third-order valence-corrected chi connectivity index (χ3v) is 5.69. The molecule has 0 aliphatic rings. The predicted molar refractivity (Wildman–Crippen MR) is 131 cm³/mol. The zero-order chi connectivity index (χ0) is 22.3. The van der Waals surface area contributed by atoms with Gasteiger partial charge in [-0.05, 0) is 82.2 Å². The third kappa shape index (κ3) is 7.86. The smallest absolute Gasteiger partial charge is 0.0357 e. The number of aryl methyl sites for hydroxylation is 2. The van der Waals surface area contributed by atoms with Crippen molar-refractivity contribution < 1.29 is 0 Å². The molecule has 0 unspecified atom stereocenters. The molecule has 2 aromatic carbocycles. The molecular formula is C27H43N3. The molecule has 166 valence electrons. The molecule has 0 N–H and O–H groups in total. The lowest BCUT2D eigenvalue weighted by Gasteiger charge is -2.36. The number of nitrogens with zero attached hydrogens (tertiary/aromatic N) is 3. The Morgan fingerprint density at radius 1 is 0.733 bits per heavy atom. The first-order valence-electron chi connectivity index (χ1n) is 11.3. The summed E-state index contributed by atoms with van der Waals surface area (Å²) in [5.41, 5.74) is 7.12. The molecule has 3 heteroatoms. The topological polar surface area (TPSA) is 9.72 Å². The standard InChI is InChI=1S/C27H43N3/c1-21(2)15-24-13-10-14-25(16-24)17-30(26(18-28(5)6)19-29(7)8)20-27-22(3)11-9-12-23(27)4/h9-14,16,21,26H,15,17-20H2,1-8H3. The average molecular weight is 410 g/mol. The van der Waals surface area contributed by atoms with Gasteiger partial charge in [-0.3, -0.25) is 4.90 Å². The second-order valence-corrected chi connectivity index (χ2v) is 9.87. The van der Waals surface area contributed by atoms with Crippen molar-refractivity contribution >= 4 is 0 Å². The SMILES string of the molecule is Cc1cccc(C)c1CN(Cc1cccc(CC(C)C)c1)C(CN(C)C)CN(C)C. The van der Waals surface area contributed by atoms with Crippen molar-refractivity contribution in [3.63, 3.8) is 0 Å². The van der Waals surface area contributed by atoms with Gasteiger partial charge < -0.3 is 9.80 Å². The van der Waals surface area contributed by atoms with Crippen molar-refractivity contribution in [1.82, 2.24) is 14.7 Å². The molecule has 2 aromatic rings. The van der Waals surface area contributed by atoms with Gasteiger partial charge in [-0.15, -0.1) is 0 Å². The molecule has 0 aliphatic heterocycles. The monoisotopic (exact) mass is 409 g/mol. The van der Waals surface area contributed by atoms with Gasteiger partial charge in [-0.25, -0.2) is 0 Å². The Morgan fingerprint density at radius 3 is 1.80 bits per heavy atom. The summed E-state index contributed by atoms with van der Waals surface area (Å²) in [5, 5.41) is 0. The molecule has 0 amide bonds. The summed E-state index contributed by atoms with van der Waals surface area (Å²) in [7, 11) is 8.73. The van der Waals surface area contributed by atoms with Crippen LogP contribution in [0.15, 0.2) is 42.5 Å². The Kier molecular flexibility index (Phi) is 9.54. The Labute approximate surface area is 185 Å². The highest BCUT2D eigenvalue weighted by Gasteiger charge is 2.22. The van der Waals surface area contributed by atoms with Gasteiger partial charge in [0.25, 0.3) is 0 Å². The van der Waals surface area contributed by atoms with Gasteiger partial charge in [0.05, 0.1) is 0 Å². The zero-order valence-electron chi connectivity index (χ0n) is 20.6. The summed E-state index contributed by atoms with van der Waals surface area (Å²) >= 11 is 0. The van der Waals surface area contributed by atoms with Crippen molar-refractivity contribution in [3.8, 4) is 0 Å². The van der Waals surface area contributed by atoms with Crippen LogP contribution in [0.4, 0.5) is 0 Å². The largest absolute Gasteiger partial charge is 0.308 e. The first-order chi connectivity index (χ1) is 14.2. The van der Waals surface area contributed by atoms with Gasteiger partial charge in [0.2, 0.25) is 0 Å². The third-order valence-electron chi connectivity index (χ3n) is 5.69. The summed E-state index contributed by atoms with van der Waals surface area (Å²) in [4.78, 5) is 7.33. The number of hydrogen-bond donors (Lipinski definition) is 0. The van der Waals surface area contributed by atoms with Crippen LogP contribution in [0.5, 0.6) is 0 Å². The number of likely N-dealkylation sites (N-methyl/N-ethyl adjacent to an activating group) is 2. The number of hydrogen-bond acceptors (Lipinski definition) is 3. The maximum Gasteiger partial charge on any atom is 0.0357 e. The molecule has 0 heterocycles. The van der Waals surface area contributed by atoms with Crippen molar-refractivity contribution in [1.29, 1.82) is 0 Å². The van der Waals surface area contributed by atoms with Crippen LogP contribution in [-0.4, -0.2) is 62.0 Å². The second-order valence-electron chi connectivity index (χ2n) is 9.87. The van der Waals surface area contributed by atoms with Gasteiger partial charge in [0, 0.05) is 32.2 Å². The van der Waals surface area contributed by atoms with E-state index in [1.807, 2.05) is 0 Å². The van der Waals surface area contributed by atoms with E-state index in [1.165, 1.54) is 27.8 Å². The van der Waals surface area contributed by atoms with E-state index < -0.39 is 0 Å². The summed E-state index contributed by atoms with van der Waals surface area (Å²) < 4.78 is 0. The van der Waals surface area contributed by atoms with E-state index in [0.717, 1.165) is 32.6 Å². The average Bonchev–Trinajstić information content (AvgIpc) is 2.62. The minimum Gasteiger partial charge on any atom is -0.308 e. The lowest BCUT2D eigenvalue weighted by molar-refractivity contribution is 0.119. The van der Waals surface area contributed by atoms with E-state index in [2.05, 4.69) is 113 Å². The molecule has 30 heavy (non-hydrogen) atoms. The van der Waals surface area contributed by atoms with Crippen molar-refractivity contribution in [3.05, 3.63) is 70.3 Å². The zero-order valence-corrected chi connectivity index (χ0v) is 20.6. The maximum atomic E-state index is 2.68. The van der Waals surface area contributed by atoms with Gasteiger partial charge in [0.1, 0.15) is 0 Å². The minimum absolute atomic E-state index is 0.461. The predicted octanol–water partition coefficient (Wildman–Crippen LogP) is 5.00. The van der Waals surface area contributed by atoms with Gasteiger partial charge in [0.15, 0.2) is 0 Å². The highest BCUT2D eigenvalue weighted by atomic mass is 15.2. The molecule has 0 aromatic heterocycles. The summed E-state index contributed by atoms with van der Waals surface area (Å²) in [6.07, 6.45) is 1.14. The molecule has 3 nitrogen and oxygen atoms in total. The highest BCUT2D eigenvalue weighted by molar-refractivity contribution is 5.33. The van der Waals surface area contributed by atoms with E-state index in [4.69, 9.17) is 0 Å². The van der Waals surface area contributed by atoms with Gasteiger partial charge in [-0.1, -0.05) is 56.3 Å². The van der Waals surface area contributed by atoms with Crippen LogP contribution in [0.25, 0.3) is 0 Å². The van der Waals surface area contributed by atoms with E-state index in [0.29, 0.717) is 12.0 Å². The highest BCUT2D eigenvalue weighted by Crippen LogP contribution is 2.21. The molecule has 0 bridgehead atoms.